The summed E-state index contributed by atoms with van der Waals surface area (Å²) in [7, 11) is 0. The van der Waals surface area contributed by atoms with E-state index in [1.807, 2.05) is 0 Å². The van der Waals surface area contributed by atoms with E-state index in [4.69, 9.17) is 4.74 Å². The Morgan fingerprint density at radius 1 is 1.21 bits per heavy atom. The molecule has 1 aliphatic rings. The molecule has 4 rings (SSSR count). The Kier molecular flexibility index (Phi) is 6.02. The highest BCUT2D eigenvalue weighted by Crippen LogP contribution is 2.39. The third-order valence-electron chi connectivity index (χ3n) is 5.90. The van der Waals surface area contributed by atoms with Crippen molar-refractivity contribution in [1.82, 2.24) is 14.7 Å². The van der Waals surface area contributed by atoms with E-state index in [1.165, 1.54) is 10.5 Å². The van der Waals surface area contributed by atoms with E-state index in [2.05, 4.69) is 10.3 Å². The summed E-state index contributed by atoms with van der Waals surface area (Å²) in [6.07, 6.45) is -2.18. The molecule has 2 aromatic heterocycles. The predicted molar refractivity (Wildman–Crippen MR) is 110 cm³/mol. The Hall–Kier alpha value is -3.17. The largest absolute Gasteiger partial charge is 0.485 e. The van der Waals surface area contributed by atoms with Gasteiger partial charge in [-0.2, -0.15) is 13.2 Å². The summed E-state index contributed by atoms with van der Waals surface area (Å²) in [5, 5.41) is 2.52. The van der Waals surface area contributed by atoms with Gasteiger partial charge in [-0.15, -0.1) is 0 Å². The monoisotopic (exact) mass is 467 g/mol. The average molecular weight is 467 g/mol. The number of benzene rings is 1. The summed E-state index contributed by atoms with van der Waals surface area (Å²) in [5.74, 6) is -3.58. The number of ether oxygens (including phenoxy) is 1. The molecule has 2 unspecified atom stereocenters. The van der Waals surface area contributed by atoms with E-state index >= 15 is 0 Å². The zero-order chi connectivity index (χ0) is 23.9. The first-order valence-electron chi connectivity index (χ1n) is 10.5. The number of hydrogen-bond acceptors (Lipinski definition) is 3. The molecule has 1 saturated carbocycles. The number of pyridine rings is 1. The molecule has 0 bridgehead atoms. The second-order valence-electron chi connectivity index (χ2n) is 8.27. The summed E-state index contributed by atoms with van der Waals surface area (Å²) < 4.78 is 74.8. The molecule has 176 valence electrons. The maximum Gasteiger partial charge on any atom is 0.393 e. The fraction of sp³-hybridized carbons (Fsp3) is 0.391. The molecule has 2 atom stereocenters. The van der Waals surface area contributed by atoms with E-state index in [-0.39, 0.29) is 35.5 Å². The maximum atomic E-state index is 14.0. The minimum absolute atomic E-state index is 0.0235. The van der Waals surface area contributed by atoms with Gasteiger partial charge in [0.1, 0.15) is 23.9 Å². The highest BCUT2D eigenvalue weighted by molar-refractivity contribution is 5.95. The zero-order valence-corrected chi connectivity index (χ0v) is 18.0. The van der Waals surface area contributed by atoms with Crippen LogP contribution in [0, 0.1) is 31.4 Å². The molecule has 10 heteroatoms. The third kappa shape index (κ3) is 4.51. The number of rotatable bonds is 5. The number of nitrogens with one attached hydrogen (secondary N) is 1. The zero-order valence-electron chi connectivity index (χ0n) is 18.0. The Morgan fingerprint density at radius 2 is 1.91 bits per heavy atom. The summed E-state index contributed by atoms with van der Waals surface area (Å²) in [4.78, 5) is 17.3. The van der Waals surface area contributed by atoms with Crippen molar-refractivity contribution in [3.8, 4) is 5.75 Å². The molecule has 1 aromatic carbocycles. The first-order valence-corrected chi connectivity index (χ1v) is 10.5. The van der Waals surface area contributed by atoms with Crippen LogP contribution >= 0.6 is 0 Å². The average Bonchev–Trinajstić information content (AvgIpc) is 3.31. The van der Waals surface area contributed by atoms with Crippen LogP contribution in [0.2, 0.25) is 0 Å². The Labute approximate surface area is 186 Å². The van der Waals surface area contributed by atoms with Gasteiger partial charge in [-0.25, -0.2) is 13.8 Å². The normalized spacial score (nSPS) is 18.6. The van der Waals surface area contributed by atoms with Crippen LogP contribution in [0.15, 0.2) is 30.5 Å². The fourth-order valence-electron chi connectivity index (χ4n) is 4.32. The standard InChI is InChI=1S/C23H22F5N3O2/c1-12-9-19(33-11-14-16(24)6-4-7-17(14)25)21-29-13(2)20(31(21)10-12)22(32)30-18-8-3-5-15(18)23(26,27)28/h4,6-7,9-10,15,18H,3,5,8,11H2,1-2H3,(H,30,32). The fourth-order valence-corrected chi connectivity index (χ4v) is 4.32. The van der Waals surface area contributed by atoms with E-state index < -0.39 is 42.3 Å². The summed E-state index contributed by atoms with van der Waals surface area (Å²) in [5.41, 5.74) is 1.01. The number of imidazole rings is 1. The molecule has 0 radical (unpaired) electrons. The Bertz CT molecular complexity index is 1180. The molecule has 1 fully saturated rings. The topological polar surface area (TPSA) is 55.6 Å². The molecule has 0 spiro atoms. The SMILES string of the molecule is Cc1cc(OCc2c(F)cccc2F)c2nc(C)c(C(=O)NC3CCCC3C(F)(F)F)n2c1. The van der Waals surface area contributed by atoms with Gasteiger partial charge in [0.05, 0.1) is 17.2 Å². The van der Waals surface area contributed by atoms with Crippen molar-refractivity contribution < 1.29 is 31.5 Å². The highest BCUT2D eigenvalue weighted by Gasteiger charge is 2.47. The van der Waals surface area contributed by atoms with Crippen molar-refractivity contribution in [2.75, 3.05) is 0 Å². The Morgan fingerprint density at radius 3 is 2.58 bits per heavy atom. The van der Waals surface area contributed by atoms with Crippen LogP contribution in [0.1, 0.15) is 46.6 Å². The molecular formula is C23H22F5N3O2. The molecule has 0 aliphatic heterocycles. The van der Waals surface area contributed by atoms with Gasteiger partial charge in [0.15, 0.2) is 11.4 Å². The molecule has 1 N–H and O–H groups in total. The van der Waals surface area contributed by atoms with Gasteiger partial charge in [-0.1, -0.05) is 12.5 Å². The predicted octanol–water partition coefficient (Wildman–Crippen LogP) is 5.27. The van der Waals surface area contributed by atoms with Gasteiger partial charge >= 0.3 is 6.18 Å². The van der Waals surface area contributed by atoms with Crippen molar-refractivity contribution in [1.29, 1.82) is 0 Å². The smallest absolute Gasteiger partial charge is 0.393 e. The third-order valence-corrected chi connectivity index (χ3v) is 5.90. The lowest BCUT2D eigenvalue weighted by atomic mass is 10.0. The maximum absolute atomic E-state index is 14.0. The molecule has 3 aromatic rings. The number of aromatic nitrogens is 2. The van der Waals surface area contributed by atoms with Crippen molar-refractivity contribution in [3.63, 3.8) is 0 Å². The van der Waals surface area contributed by atoms with Crippen LogP contribution in [-0.2, 0) is 6.61 Å². The Balaban J connectivity index is 1.64. The van der Waals surface area contributed by atoms with Gasteiger partial charge in [-0.3, -0.25) is 9.20 Å². The minimum atomic E-state index is -4.39. The first kappa shape index (κ1) is 23.0. The molecule has 1 aliphatic carbocycles. The van der Waals surface area contributed by atoms with Crippen LogP contribution in [0.25, 0.3) is 5.65 Å². The number of fused-ring (bicyclic) bond motifs is 1. The summed E-state index contributed by atoms with van der Waals surface area (Å²) in [6.45, 7) is 2.89. The van der Waals surface area contributed by atoms with E-state index in [9.17, 15) is 26.7 Å². The second-order valence-corrected chi connectivity index (χ2v) is 8.27. The lowest BCUT2D eigenvalue weighted by Crippen LogP contribution is -2.43. The van der Waals surface area contributed by atoms with Crippen molar-refractivity contribution in [3.05, 3.63) is 64.6 Å². The van der Waals surface area contributed by atoms with Crippen LogP contribution in [0.3, 0.4) is 0 Å². The van der Waals surface area contributed by atoms with Crippen LogP contribution in [0.4, 0.5) is 22.0 Å². The summed E-state index contributed by atoms with van der Waals surface area (Å²) >= 11 is 0. The van der Waals surface area contributed by atoms with Crippen molar-refractivity contribution in [2.45, 2.75) is 51.9 Å². The second kappa shape index (κ2) is 8.64. The van der Waals surface area contributed by atoms with Gasteiger partial charge in [-0.05, 0) is 50.5 Å². The molecular weight excluding hydrogens is 445 g/mol. The molecule has 5 nitrogen and oxygen atoms in total. The van der Waals surface area contributed by atoms with E-state index in [0.29, 0.717) is 17.7 Å². The quantitative estimate of drug-likeness (QED) is 0.521. The van der Waals surface area contributed by atoms with Gasteiger partial charge in [0, 0.05) is 12.2 Å². The van der Waals surface area contributed by atoms with Crippen LogP contribution < -0.4 is 10.1 Å². The lowest BCUT2D eigenvalue weighted by molar-refractivity contribution is -0.177. The first-order chi connectivity index (χ1) is 15.6. The number of aryl methyl sites for hydroxylation is 2. The van der Waals surface area contributed by atoms with E-state index in [1.54, 1.807) is 26.1 Å². The molecule has 0 saturated heterocycles. The number of hydrogen-bond donors (Lipinski definition) is 1. The van der Waals surface area contributed by atoms with Gasteiger partial charge < -0.3 is 10.1 Å². The molecule has 2 heterocycles. The van der Waals surface area contributed by atoms with Crippen LogP contribution in [-0.4, -0.2) is 27.5 Å². The van der Waals surface area contributed by atoms with E-state index in [0.717, 1.165) is 12.1 Å². The highest BCUT2D eigenvalue weighted by atomic mass is 19.4. The van der Waals surface area contributed by atoms with Crippen molar-refractivity contribution >= 4 is 11.6 Å². The van der Waals surface area contributed by atoms with Crippen molar-refractivity contribution in [2.24, 2.45) is 5.92 Å². The number of carbonyl (C=O) groups is 1. The lowest BCUT2D eigenvalue weighted by Gasteiger charge is -2.23. The summed E-state index contributed by atoms with van der Waals surface area (Å²) in [6, 6.07) is 4.08. The number of nitrogens with zero attached hydrogens (tertiary/aromatic N) is 2. The van der Waals surface area contributed by atoms with Gasteiger partial charge in [0.25, 0.3) is 5.91 Å². The minimum Gasteiger partial charge on any atom is -0.485 e. The number of alkyl halides is 3. The van der Waals surface area contributed by atoms with Crippen LogP contribution in [0.5, 0.6) is 5.75 Å². The number of amides is 1. The van der Waals surface area contributed by atoms with Gasteiger partial charge in [0.2, 0.25) is 0 Å². The molecule has 1 amide bonds. The molecule has 33 heavy (non-hydrogen) atoms. The number of carbonyl (C=O) groups excluding carboxylic acids is 1. The number of halogens is 5.